The lowest BCUT2D eigenvalue weighted by molar-refractivity contribution is 0.443. The molecule has 1 N–H and O–H groups in total. The fraction of sp³-hybridized carbons (Fsp3) is 1.00. The number of nitrogens with one attached hydrogen (secondary N) is 1. The number of rotatable bonds is 8. The topological polar surface area (TPSA) is 12.0 Å². The van der Waals surface area contributed by atoms with E-state index < -0.39 is 0 Å². The molecule has 0 saturated carbocycles. The van der Waals surface area contributed by atoms with Crippen LogP contribution in [0.1, 0.15) is 40.5 Å². The van der Waals surface area contributed by atoms with Crippen molar-refractivity contribution in [3.63, 3.8) is 0 Å². The molecule has 0 fully saturated rings. The second kappa shape index (κ2) is 8.89. The lowest BCUT2D eigenvalue weighted by Crippen LogP contribution is -2.28. The normalized spacial score (nSPS) is 13.6. The van der Waals surface area contributed by atoms with Gasteiger partial charge in [-0.05, 0) is 43.7 Å². The second-order valence-electron chi connectivity index (χ2n) is 4.04. The zero-order valence-corrected chi connectivity index (χ0v) is 10.4. The molecule has 0 aromatic carbocycles. The Hall–Kier alpha value is 0.310. The third kappa shape index (κ3) is 10.2. The Bertz CT molecular complexity index is 104. The molecule has 0 aliphatic heterocycles. The summed E-state index contributed by atoms with van der Waals surface area (Å²) in [7, 11) is 0. The van der Waals surface area contributed by atoms with Crippen molar-refractivity contribution < 1.29 is 0 Å². The lowest BCUT2D eigenvalue weighted by atomic mass is 10.1. The van der Waals surface area contributed by atoms with Gasteiger partial charge in [0.1, 0.15) is 0 Å². The summed E-state index contributed by atoms with van der Waals surface area (Å²) in [6, 6.07) is 0.687. The minimum atomic E-state index is 0.687. The molecule has 0 saturated heterocycles. The summed E-state index contributed by atoms with van der Waals surface area (Å²) in [5, 5.41) is 3.56. The Morgan fingerprint density at radius 3 is 2.46 bits per heavy atom. The molecule has 1 nitrogen and oxygen atoms in total. The fourth-order valence-electron chi connectivity index (χ4n) is 1.46. The van der Waals surface area contributed by atoms with Crippen molar-refractivity contribution >= 4 is 11.8 Å². The van der Waals surface area contributed by atoms with Crippen molar-refractivity contribution in [2.45, 2.75) is 46.6 Å². The average Bonchev–Trinajstić information content (AvgIpc) is 2.02. The highest BCUT2D eigenvalue weighted by molar-refractivity contribution is 7.99. The molecule has 0 amide bonds. The van der Waals surface area contributed by atoms with Crippen molar-refractivity contribution in [2.75, 3.05) is 18.1 Å². The van der Waals surface area contributed by atoms with Crippen molar-refractivity contribution in [1.82, 2.24) is 5.32 Å². The minimum absolute atomic E-state index is 0.687. The Balaban J connectivity index is 3.12. The third-order valence-electron chi connectivity index (χ3n) is 1.99. The first-order chi connectivity index (χ1) is 6.16. The van der Waals surface area contributed by atoms with E-state index in [1.165, 1.54) is 30.9 Å². The smallest absolute Gasteiger partial charge is 0.00411 e. The van der Waals surface area contributed by atoms with Crippen LogP contribution in [0.5, 0.6) is 0 Å². The van der Waals surface area contributed by atoms with E-state index in [0.29, 0.717) is 6.04 Å². The Labute approximate surface area is 88.1 Å². The van der Waals surface area contributed by atoms with Crippen LogP contribution in [0, 0.1) is 5.92 Å². The van der Waals surface area contributed by atoms with Crippen LogP contribution < -0.4 is 5.32 Å². The lowest BCUT2D eigenvalue weighted by Gasteiger charge is -2.15. The van der Waals surface area contributed by atoms with Gasteiger partial charge in [0.2, 0.25) is 0 Å². The molecule has 1 atom stereocenters. The summed E-state index contributed by atoms with van der Waals surface area (Å²) in [4.78, 5) is 0. The van der Waals surface area contributed by atoms with Crippen LogP contribution in [-0.2, 0) is 0 Å². The summed E-state index contributed by atoms with van der Waals surface area (Å²) in [5.41, 5.74) is 0. The van der Waals surface area contributed by atoms with Crippen LogP contribution in [0.2, 0.25) is 0 Å². The van der Waals surface area contributed by atoms with E-state index >= 15 is 0 Å². The largest absolute Gasteiger partial charge is 0.314 e. The van der Waals surface area contributed by atoms with Crippen LogP contribution in [0.25, 0.3) is 0 Å². The summed E-state index contributed by atoms with van der Waals surface area (Å²) in [5.74, 6) is 3.37. The maximum Gasteiger partial charge on any atom is 0.00411 e. The Morgan fingerprint density at radius 1 is 1.23 bits per heavy atom. The first kappa shape index (κ1) is 13.3. The zero-order chi connectivity index (χ0) is 10.1. The quantitative estimate of drug-likeness (QED) is 0.608. The molecule has 0 heterocycles. The number of hydrogen-bond acceptors (Lipinski definition) is 2. The predicted octanol–water partition coefficient (Wildman–Crippen LogP) is 3.15. The molecule has 0 aliphatic rings. The van der Waals surface area contributed by atoms with Crippen molar-refractivity contribution in [2.24, 2.45) is 5.92 Å². The van der Waals surface area contributed by atoms with Gasteiger partial charge in [-0.2, -0.15) is 11.8 Å². The Kier molecular flexibility index (Phi) is 9.10. The summed E-state index contributed by atoms with van der Waals surface area (Å²) in [6.45, 7) is 10.3. The number of thioether (sulfide) groups is 1. The molecule has 0 aromatic rings. The van der Waals surface area contributed by atoms with Gasteiger partial charge in [-0.15, -0.1) is 0 Å². The highest BCUT2D eigenvalue weighted by Gasteiger charge is 2.02. The van der Waals surface area contributed by atoms with Crippen molar-refractivity contribution in [3.8, 4) is 0 Å². The number of hydrogen-bond donors (Lipinski definition) is 1. The molecule has 0 aromatic heterocycles. The summed E-state index contributed by atoms with van der Waals surface area (Å²) < 4.78 is 0. The van der Waals surface area contributed by atoms with E-state index in [1.54, 1.807) is 0 Å². The van der Waals surface area contributed by atoms with Gasteiger partial charge in [0.25, 0.3) is 0 Å². The van der Waals surface area contributed by atoms with E-state index in [2.05, 4.69) is 33.0 Å². The molecule has 0 aliphatic carbocycles. The maximum atomic E-state index is 3.56. The van der Waals surface area contributed by atoms with Gasteiger partial charge in [0.05, 0.1) is 0 Å². The van der Waals surface area contributed by atoms with Gasteiger partial charge in [0.15, 0.2) is 0 Å². The highest BCUT2D eigenvalue weighted by Crippen LogP contribution is 2.04. The van der Waals surface area contributed by atoms with Crippen molar-refractivity contribution in [3.05, 3.63) is 0 Å². The molecule has 1 unspecified atom stereocenters. The van der Waals surface area contributed by atoms with Crippen LogP contribution >= 0.6 is 11.8 Å². The second-order valence-corrected chi connectivity index (χ2v) is 5.43. The van der Waals surface area contributed by atoms with E-state index in [9.17, 15) is 0 Å². The molecular weight excluding hydrogens is 178 g/mol. The summed E-state index contributed by atoms with van der Waals surface area (Å²) >= 11 is 2.03. The predicted molar refractivity (Wildman–Crippen MR) is 64.5 cm³/mol. The molecule has 13 heavy (non-hydrogen) atoms. The molecule has 80 valence electrons. The SMILES string of the molecule is CCSCCCNC(C)CC(C)C. The van der Waals surface area contributed by atoms with Gasteiger partial charge in [-0.1, -0.05) is 20.8 Å². The van der Waals surface area contributed by atoms with Crippen LogP contribution in [0.4, 0.5) is 0 Å². The van der Waals surface area contributed by atoms with Crippen molar-refractivity contribution in [1.29, 1.82) is 0 Å². The highest BCUT2D eigenvalue weighted by atomic mass is 32.2. The average molecular weight is 203 g/mol. The van der Waals surface area contributed by atoms with E-state index in [-0.39, 0.29) is 0 Å². The third-order valence-corrected chi connectivity index (χ3v) is 2.97. The monoisotopic (exact) mass is 203 g/mol. The van der Waals surface area contributed by atoms with Gasteiger partial charge in [-0.25, -0.2) is 0 Å². The van der Waals surface area contributed by atoms with Gasteiger partial charge < -0.3 is 5.32 Å². The molecule has 0 rings (SSSR count). The maximum absolute atomic E-state index is 3.56. The first-order valence-electron chi connectivity index (χ1n) is 5.48. The van der Waals surface area contributed by atoms with Crippen LogP contribution in [0.15, 0.2) is 0 Å². The van der Waals surface area contributed by atoms with E-state index in [0.717, 1.165) is 5.92 Å². The van der Waals surface area contributed by atoms with Gasteiger partial charge in [-0.3, -0.25) is 0 Å². The Morgan fingerprint density at radius 2 is 1.92 bits per heavy atom. The molecule has 0 spiro atoms. The molecule has 0 bridgehead atoms. The minimum Gasteiger partial charge on any atom is -0.314 e. The first-order valence-corrected chi connectivity index (χ1v) is 6.63. The molecule has 2 heteroatoms. The molecule has 0 radical (unpaired) electrons. The molecular formula is C11H25NS. The van der Waals surface area contributed by atoms with Gasteiger partial charge >= 0.3 is 0 Å². The van der Waals surface area contributed by atoms with Crippen LogP contribution in [-0.4, -0.2) is 24.1 Å². The van der Waals surface area contributed by atoms with E-state index in [4.69, 9.17) is 0 Å². The standard InChI is InChI=1S/C11H25NS/c1-5-13-8-6-7-12-11(4)9-10(2)3/h10-12H,5-9H2,1-4H3. The van der Waals surface area contributed by atoms with Gasteiger partial charge in [0, 0.05) is 6.04 Å². The summed E-state index contributed by atoms with van der Waals surface area (Å²) in [6.07, 6.45) is 2.60. The fourth-order valence-corrected chi connectivity index (χ4v) is 2.09. The zero-order valence-electron chi connectivity index (χ0n) is 9.60. The van der Waals surface area contributed by atoms with E-state index in [1.807, 2.05) is 11.8 Å². The van der Waals surface area contributed by atoms with Crippen LogP contribution in [0.3, 0.4) is 0 Å².